The van der Waals surface area contributed by atoms with Gasteiger partial charge >= 0.3 is 24.5 Å². The van der Waals surface area contributed by atoms with Crippen molar-refractivity contribution in [3.05, 3.63) is 11.4 Å². The minimum Gasteiger partial charge on any atom is -0.210 e. The molecule has 0 atom stereocenters. The van der Waals surface area contributed by atoms with E-state index >= 15 is 0 Å². The van der Waals surface area contributed by atoms with Gasteiger partial charge in [-0.05, 0) is 0 Å². The third-order valence-corrected chi connectivity index (χ3v) is 2.47. The molecule has 0 bridgehead atoms. The molecule has 1 aliphatic carbocycles. The lowest BCUT2D eigenvalue weighted by atomic mass is 9.64. The number of alkyl halides is 11. The van der Waals surface area contributed by atoms with Crippen molar-refractivity contribution in [2.45, 2.75) is 24.5 Å². The molecule has 0 N–H and O–H groups in total. The van der Waals surface area contributed by atoms with Crippen molar-refractivity contribution >= 4 is 0 Å². The van der Waals surface area contributed by atoms with Crippen LogP contribution >= 0.6 is 0 Å². The van der Waals surface area contributed by atoms with Gasteiger partial charge in [0.25, 0.3) is 5.41 Å². The summed E-state index contributed by atoms with van der Waals surface area (Å²) in [6, 6.07) is 0. The van der Waals surface area contributed by atoms with E-state index in [1.165, 1.54) is 0 Å². The van der Waals surface area contributed by atoms with Crippen LogP contribution in [0.15, 0.2) is 11.4 Å². The van der Waals surface area contributed by atoms with Crippen LogP contribution in [0.25, 0.3) is 0 Å². The maximum atomic E-state index is 12.8. The predicted octanol–water partition coefficient (Wildman–Crippen LogP) is 4.53. The van der Waals surface area contributed by atoms with E-state index in [2.05, 4.69) is 0 Å². The number of allylic oxidation sites excluding steroid dienone is 2. The van der Waals surface area contributed by atoms with E-state index in [9.17, 15) is 52.7 Å². The maximum absolute atomic E-state index is 12.8. The van der Waals surface area contributed by atoms with Crippen LogP contribution in [0.5, 0.6) is 0 Å². The Bertz CT molecular complexity index is 401. The first-order valence-corrected chi connectivity index (χ1v) is 4.02. The van der Waals surface area contributed by atoms with E-state index in [4.69, 9.17) is 0 Å². The molecule has 1 rings (SSSR count). The Morgan fingerprint density at radius 2 is 1.00 bits per heavy atom. The highest BCUT2D eigenvalue weighted by Gasteiger charge is 2.94. The fourth-order valence-corrected chi connectivity index (χ4v) is 1.66. The lowest BCUT2D eigenvalue weighted by molar-refractivity contribution is -0.403. The molecule has 0 unspecified atom stereocenters. The Hall–Kier alpha value is -1.10. The van der Waals surface area contributed by atoms with Gasteiger partial charge in [0, 0.05) is 0 Å². The molecule has 0 fully saturated rings. The molecule has 0 aromatic rings. The molecule has 0 aromatic carbocycles. The van der Waals surface area contributed by atoms with Gasteiger partial charge in [-0.15, -0.1) is 0 Å². The van der Waals surface area contributed by atoms with E-state index in [0.717, 1.165) is 0 Å². The molecule has 19 heavy (non-hydrogen) atoms. The normalized spacial score (nSPS) is 23.4. The van der Waals surface area contributed by atoms with Crippen molar-refractivity contribution < 1.29 is 52.7 Å². The minimum atomic E-state index is -6.98. The third-order valence-electron chi connectivity index (χ3n) is 2.47. The molecule has 1 aliphatic rings. The monoisotopic (exact) mass is 312 g/mol. The van der Waals surface area contributed by atoms with Gasteiger partial charge in [0.1, 0.15) is 11.4 Å². The van der Waals surface area contributed by atoms with Crippen LogP contribution in [0.4, 0.5) is 52.7 Å². The SMILES string of the molecule is FC1=C(C(F)(F)F)C(F)(F)C1(C(F)(F)F)C(F)(F)F. The van der Waals surface area contributed by atoms with Gasteiger partial charge < -0.3 is 0 Å². The fourth-order valence-electron chi connectivity index (χ4n) is 1.66. The third kappa shape index (κ3) is 1.64. The second-order valence-corrected chi connectivity index (χ2v) is 3.51. The molecule has 0 radical (unpaired) electrons. The van der Waals surface area contributed by atoms with Crippen LogP contribution in [0.2, 0.25) is 0 Å². The van der Waals surface area contributed by atoms with E-state index in [0.29, 0.717) is 0 Å². The molecular formula is C7F12. The zero-order valence-electron chi connectivity index (χ0n) is 8.04. The molecule has 0 heterocycles. The summed E-state index contributed by atoms with van der Waals surface area (Å²) >= 11 is 0. The Morgan fingerprint density at radius 3 is 1.16 bits per heavy atom. The molecule has 0 amide bonds. The second-order valence-electron chi connectivity index (χ2n) is 3.51. The van der Waals surface area contributed by atoms with Crippen molar-refractivity contribution in [3.63, 3.8) is 0 Å². The summed E-state index contributed by atoms with van der Waals surface area (Å²) in [7, 11) is 0. The topological polar surface area (TPSA) is 0 Å². The minimum absolute atomic E-state index is 3.77. The van der Waals surface area contributed by atoms with E-state index in [1.54, 1.807) is 0 Å². The summed E-state index contributed by atoms with van der Waals surface area (Å²) in [6.45, 7) is 0. The average molecular weight is 312 g/mol. The lowest BCUT2D eigenvalue weighted by Crippen LogP contribution is -2.70. The molecule has 0 nitrogen and oxygen atoms in total. The Balaban J connectivity index is 3.71. The molecule has 0 saturated carbocycles. The summed E-state index contributed by atoms with van der Waals surface area (Å²) in [5.41, 5.74) is -10.2. The number of hydrogen-bond acceptors (Lipinski definition) is 0. The predicted molar refractivity (Wildman–Crippen MR) is 33.7 cm³/mol. The van der Waals surface area contributed by atoms with Crippen LogP contribution in [-0.4, -0.2) is 24.5 Å². The number of halogens is 12. The molecular weight excluding hydrogens is 312 g/mol. The summed E-state index contributed by atoms with van der Waals surface area (Å²) in [4.78, 5) is 0. The highest BCUT2D eigenvalue weighted by Crippen LogP contribution is 2.73. The Labute approximate surface area is 95.2 Å². The highest BCUT2D eigenvalue weighted by atomic mass is 19.4. The first-order valence-electron chi connectivity index (χ1n) is 4.02. The quantitative estimate of drug-likeness (QED) is 0.576. The fraction of sp³-hybridized carbons (Fsp3) is 0.714. The van der Waals surface area contributed by atoms with E-state index < -0.39 is 41.3 Å². The van der Waals surface area contributed by atoms with Gasteiger partial charge in [0.15, 0.2) is 0 Å². The van der Waals surface area contributed by atoms with Crippen LogP contribution in [-0.2, 0) is 0 Å². The molecule has 12 heteroatoms. The second kappa shape index (κ2) is 3.51. The summed E-state index contributed by atoms with van der Waals surface area (Å²) in [6.07, 6.45) is -20.3. The molecule has 0 saturated heterocycles. The van der Waals surface area contributed by atoms with Crippen molar-refractivity contribution in [1.82, 2.24) is 0 Å². The van der Waals surface area contributed by atoms with Crippen LogP contribution in [0, 0.1) is 5.41 Å². The Kier molecular flexibility index (Phi) is 2.95. The standard InChI is InChI=1S/C7F12/c8-2-1(5(11,12)13)4(9,10)3(2,6(14,15)16)7(17,18)19. The summed E-state index contributed by atoms with van der Waals surface area (Å²) < 4.78 is 147. The first kappa shape index (κ1) is 16.0. The molecule has 0 aromatic heterocycles. The molecule has 112 valence electrons. The van der Waals surface area contributed by atoms with E-state index in [-0.39, 0.29) is 0 Å². The van der Waals surface area contributed by atoms with E-state index in [1.807, 2.05) is 0 Å². The lowest BCUT2D eigenvalue weighted by Gasteiger charge is -2.49. The van der Waals surface area contributed by atoms with Crippen LogP contribution < -0.4 is 0 Å². The summed E-state index contributed by atoms with van der Waals surface area (Å²) in [5, 5.41) is 0. The largest absolute Gasteiger partial charge is 0.421 e. The van der Waals surface area contributed by atoms with Crippen molar-refractivity contribution in [3.8, 4) is 0 Å². The van der Waals surface area contributed by atoms with Gasteiger partial charge in [0.05, 0.1) is 0 Å². The number of hydrogen-bond donors (Lipinski definition) is 0. The van der Waals surface area contributed by atoms with Crippen LogP contribution in [0.1, 0.15) is 0 Å². The summed E-state index contributed by atoms with van der Waals surface area (Å²) in [5.74, 6) is -10.5. The van der Waals surface area contributed by atoms with Crippen molar-refractivity contribution in [1.29, 1.82) is 0 Å². The zero-order chi connectivity index (χ0) is 15.7. The van der Waals surface area contributed by atoms with Gasteiger partial charge in [-0.2, -0.15) is 48.3 Å². The van der Waals surface area contributed by atoms with Gasteiger partial charge in [0.2, 0.25) is 0 Å². The van der Waals surface area contributed by atoms with Crippen molar-refractivity contribution in [2.24, 2.45) is 5.41 Å². The van der Waals surface area contributed by atoms with Crippen molar-refractivity contribution in [2.75, 3.05) is 0 Å². The molecule has 0 spiro atoms. The maximum Gasteiger partial charge on any atom is 0.421 e. The first-order chi connectivity index (χ1) is 8.03. The van der Waals surface area contributed by atoms with Gasteiger partial charge in [-0.3, -0.25) is 0 Å². The Morgan fingerprint density at radius 1 is 0.684 bits per heavy atom. The van der Waals surface area contributed by atoms with Gasteiger partial charge in [-0.25, -0.2) is 4.39 Å². The van der Waals surface area contributed by atoms with Gasteiger partial charge in [-0.1, -0.05) is 0 Å². The smallest absolute Gasteiger partial charge is 0.210 e. The van der Waals surface area contributed by atoms with Crippen LogP contribution in [0.3, 0.4) is 0 Å². The molecule has 0 aliphatic heterocycles. The number of rotatable bonds is 0. The highest BCUT2D eigenvalue weighted by molar-refractivity contribution is 5.46. The zero-order valence-corrected chi connectivity index (χ0v) is 8.04. The average Bonchev–Trinajstić information content (AvgIpc) is 1.90.